The van der Waals surface area contributed by atoms with Gasteiger partial charge in [-0.15, -0.1) is 0 Å². The van der Waals surface area contributed by atoms with Crippen LogP contribution in [0.4, 0.5) is 3.89 Å². The minimum Gasteiger partial charge on any atom is -0.175 e. The summed E-state index contributed by atoms with van der Waals surface area (Å²) >= 11 is 0. The summed E-state index contributed by atoms with van der Waals surface area (Å²) in [7, 11) is -2.97. The highest BCUT2D eigenvalue weighted by Crippen LogP contribution is 2.70. The molecular weight excluding hydrogens is 483 g/mol. The Labute approximate surface area is 225 Å². The minimum absolute atomic E-state index is 0.703. The standard InChI is InChI=1S/C36H27FS/c37-38(31-19-9-3-10-20-31,32-21-11-4-12-22-32)36-26-25-30(33-23-13-14-24-34(33)36)27-35(28-15-5-1-6-16-28)29-17-7-2-8-18-29/h1-27H. The van der Waals surface area contributed by atoms with E-state index in [1.807, 2.05) is 91.0 Å². The first-order chi connectivity index (χ1) is 18.7. The Balaban J connectivity index is 1.60. The number of fused-ring (bicyclic) bond motifs is 1. The van der Waals surface area contributed by atoms with Crippen LogP contribution in [-0.4, -0.2) is 0 Å². The predicted octanol–water partition coefficient (Wildman–Crippen LogP) is 10.6. The van der Waals surface area contributed by atoms with Gasteiger partial charge in [-0.1, -0.05) is 127 Å². The monoisotopic (exact) mass is 510 g/mol. The van der Waals surface area contributed by atoms with Crippen molar-refractivity contribution in [1.82, 2.24) is 0 Å². The number of hydrogen-bond donors (Lipinski definition) is 0. The zero-order valence-electron chi connectivity index (χ0n) is 20.9. The summed E-state index contributed by atoms with van der Waals surface area (Å²) < 4.78 is 17.7. The van der Waals surface area contributed by atoms with E-state index in [2.05, 4.69) is 72.8 Å². The summed E-state index contributed by atoms with van der Waals surface area (Å²) in [5.74, 6) is 0. The molecule has 38 heavy (non-hydrogen) atoms. The van der Waals surface area contributed by atoms with Gasteiger partial charge in [-0.3, -0.25) is 0 Å². The van der Waals surface area contributed by atoms with Crippen molar-refractivity contribution in [3.63, 3.8) is 0 Å². The van der Waals surface area contributed by atoms with Crippen LogP contribution in [0.1, 0.15) is 16.7 Å². The van der Waals surface area contributed by atoms with Gasteiger partial charge in [0.15, 0.2) is 0 Å². The summed E-state index contributed by atoms with van der Waals surface area (Å²) in [6, 6.07) is 52.4. The second-order valence-corrected chi connectivity index (χ2v) is 11.6. The van der Waals surface area contributed by atoms with E-state index in [1.165, 1.54) is 0 Å². The molecule has 0 nitrogen and oxygen atoms in total. The van der Waals surface area contributed by atoms with Crippen molar-refractivity contribution in [2.45, 2.75) is 14.7 Å². The molecule has 6 rings (SSSR count). The van der Waals surface area contributed by atoms with Crippen LogP contribution < -0.4 is 0 Å². The predicted molar refractivity (Wildman–Crippen MR) is 160 cm³/mol. The Morgan fingerprint density at radius 2 is 0.868 bits per heavy atom. The number of rotatable bonds is 6. The molecule has 0 spiro atoms. The molecular formula is C36H27FS. The van der Waals surface area contributed by atoms with Crippen LogP contribution in [0.5, 0.6) is 0 Å². The highest BCUT2D eigenvalue weighted by Gasteiger charge is 2.32. The Hall–Kier alpha value is -4.40. The second-order valence-electron chi connectivity index (χ2n) is 9.15. The molecule has 0 radical (unpaired) electrons. The Bertz CT molecular complexity index is 1610. The normalized spacial score (nSPS) is 11.7. The fraction of sp³-hybridized carbons (Fsp3) is 0. The molecule has 0 aliphatic rings. The maximum absolute atomic E-state index is 17.7. The molecule has 0 amide bonds. The highest BCUT2D eigenvalue weighted by atomic mass is 32.3. The zero-order valence-corrected chi connectivity index (χ0v) is 21.7. The maximum Gasteiger partial charge on any atom is 0.0342 e. The molecule has 184 valence electrons. The number of benzene rings is 6. The first-order valence-electron chi connectivity index (χ1n) is 12.7. The summed E-state index contributed by atoms with van der Waals surface area (Å²) in [6.45, 7) is 0. The van der Waals surface area contributed by atoms with Gasteiger partial charge in [0.25, 0.3) is 0 Å². The molecule has 0 atom stereocenters. The van der Waals surface area contributed by atoms with Gasteiger partial charge in [0.2, 0.25) is 0 Å². The maximum atomic E-state index is 17.7. The van der Waals surface area contributed by atoms with Crippen molar-refractivity contribution in [2.24, 2.45) is 0 Å². The van der Waals surface area contributed by atoms with Crippen molar-refractivity contribution in [2.75, 3.05) is 0 Å². The third kappa shape index (κ3) is 4.44. The van der Waals surface area contributed by atoms with E-state index in [9.17, 15) is 0 Å². The van der Waals surface area contributed by atoms with E-state index in [-0.39, 0.29) is 0 Å². The fourth-order valence-corrected chi connectivity index (χ4v) is 7.58. The van der Waals surface area contributed by atoms with Gasteiger partial charge >= 0.3 is 0 Å². The van der Waals surface area contributed by atoms with Gasteiger partial charge in [0, 0.05) is 14.7 Å². The first kappa shape index (κ1) is 24.0. The van der Waals surface area contributed by atoms with E-state index >= 15 is 3.89 Å². The molecule has 6 aromatic rings. The number of halogens is 1. The SMILES string of the molecule is FS(c1ccccc1)(c1ccccc1)c1ccc(C=C(c2ccccc2)c2ccccc2)c2ccccc12. The van der Waals surface area contributed by atoms with E-state index in [0.717, 1.165) is 37.9 Å². The molecule has 0 N–H and O–H groups in total. The molecule has 0 fully saturated rings. The van der Waals surface area contributed by atoms with Crippen LogP contribution in [0.2, 0.25) is 0 Å². The van der Waals surface area contributed by atoms with E-state index in [0.29, 0.717) is 9.79 Å². The summed E-state index contributed by atoms with van der Waals surface area (Å²) in [4.78, 5) is 2.13. The van der Waals surface area contributed by atoms with Crippen LogP contribution in [0, 0.1) is 0 Å². The average molecular weight is 511 g/mol. The Morgan fingerprint density at radius 3 is 1.37 bits per heavy atom. The summed E-state index contributed by atoms with van der Waals surface area (Å²) in [5.41, 5.74) is 4.49. The van der Waals surface area contributed by atoms with Crippen LogP contribution in [0.3, 0.4) is 0 Å². The molecule has 2 heteroatoms. The Morgan fingerprint density at radius 1 is 0.447 bits per heavy atom. The molecule has 0 aliphatic heterocycles. The zero-order chi connectivity index (χ0) is 25.8. The smallest absolute Gasteiger partial charge is 0.0342 e. The van der Waals surface area contributed by atoms with E-state index in [1.54, 1.807) is 0 Å². The largest absolute Gasteiger partial charge is 0.175 e. The van der Waals surface area contributed by atoms with Crippen LogP contribution in [-0.2, 0) is 0 Å². The first-order valence-corrected chi connectivity index (χ1v) is 14.3. The molecule has 0 saturated carbocycles. The summed E-state index contributed by atoms with van der Waals surface area (Å²) in [5, 5.41) is 1.97. The molecule has 6 aromatic carbocycles. The van der Waals surface area contributed by atoms with Crippen molar-refractivity contribution in [3.8, 4) is 0 Å². The van der Waals surface area contributed by atoms with Gasteiger partial charge < -0.3 is 0 Å². The molecule has 0 heterocycles. The van der Waals surface area contributed by atoms with Crippen LogP contribution in [0.25, 0.3) is 22.4 Å². The average Bonchev–Trinajstić information content (AvgIpc) is 3.01. The van der Waals surface area contributed by atoms with Gasteiger partial charge in [0.05, 0.1) is 0 Å². The van der Waals surface area contributed by atoms with Crippen molar-refractivity contribution in [3.05, 3.63) is 174 Å². The van der Waals surface area contributed by atoms with Gasteiger partial charge in [-0.25, -0.2) is 0 Å². The second kappa shape index (κ2) is 10.5. The third-order valence-electron chi connectivity index (χ3n) is 6.83. The molecule has 0 bridgehead atoms. The lowest BCUT2D eigenvalue weighted by molar-refractivity contribution is 0.872. The van der Waals surface area contributed by atoms with Crippen LogP contribution in [0.15, 0.2) is 172 Å². The van der Waals surface area contributed by atoms with E-state index in [4.69, 9.17) is 0 Å². The third-order valence-corrected chi connectivity index (χ3v) is 9.63. The van der Waals surface area contributed by atoms with Gasteiger partial charge in [0.1, 0.15) is 0 Å². The van der Waals surface area contributed by atoms with Gasteiger partial charge in [-0.05, 0) is 79.9 Å². The molecule has 0 aromatic heterocycles. The van der Waals surface area contributed by atoms with Crippen molar-refractivity contribution < 1.29 is 3.89 Å². The van der Waals surface area contributed by atoms with E-state index < -0.39 is 10.4 Å². The highest BCUT2D eigenvalue weighted by molar-refractivity contribution is 8.29. The van der Waals surface area contributed by atoms with Gasteiger partial charge in [-0.2, -0.15) is 3.89 Å². The molecule has 0 aliphatic carbocycles. The lowest BCUT2D eigenvalue weighted by Crippen LogP contribution is -1.99. The summed E-state index contributed by atoms with van der Waals surface area (Å²) in [6.07, 6.45) is 2.23. The number of hydrogen-bond acceptors (Lipinski definition) is 0. The van der Waals surface area contributed by atoms with Crippen LogP contribution >= 0.6 is 10.4 Å². The van der Waals surface area contributed by atoms with Crippen molar-refractivity contribution >= 4 is 32.8 Å². The lowest BCUT2D eigenvalue weighted by Gasteiger charge is -2.33. The molecule has 0 unspecified atom stereocenters. The quantitative estimate of drug-likeness (QED) is 0.196. The molecule has 0 saturated heterocycles. The lowest BCUT2D eigenvalue weighted by atomic mass is 9.94. The minimum atomic E-state index is -2.97. The Kier molecular flexibility index (Phi) is 6.64. The van der Waals surface area contributed by atoms with Crippen molar-refractivity contribution in [1.29, 1.82) is 0 Å². The topological polar surface area (TPSA) is 0 Å². The fourth-order valence-electron chi connectivity index (χ4n) is 5.00.